The molecule has 0 saturated carbocycles. The number of rotatable bonds is 4. The Morgan fingerprint density at radius 2 is 1.74 bits per heavy atom. The van der Waals surface area contributed by atoms with Gasteiger partial charge in [-0.1, -0.05) is 23.7 Å². The van der Waals surface area contributed by atoms with Crippen molar-refractivity contribution in [3.8, 4) is 5.69 Å². The number of halogens is 1. The lowest BCUT2D eigenvalue weighted by Crippen LogP contribution is -2.09. The number of benzene rings is 1. The Labute approximate surface area is 140 Å². The van der Waals surface area contributed by atoms with Gasteiger partial charge in [0.15, 0.2) is 0 Å². The van der Waals surface area contributed by atoms with Crippen LogP contribution in [0.15, 0.2) is 42.7 Å². The minimum absolute atomic E-state index is 0.0886. The van der Waals surface area contributed by atoms with Crippen molar-refractivity contribution in [3.63, 3.8) is 0 Å². The molecule has 0 bridgehead atoms. The van der Waals surface area contributed by atoms with Gasteiger partial charge in [-0.25, -0.2) is 14.6 Å². The van der Waals surface area contributed by atoms with Gasteiger partial charge in [-0.3, -0.25) is 0 Å². The van der Waals surface area contributed by atoms with E-state index in [-0.39, 0.29) is 6.04 Å². The standard InChI is InChI=1S/C17H18ClN5/c1-11-8-12(2)23(22-11)16-6-4-14(5-7-16)13(3)21-17-19-9-15(18)10-20-17/h4-10,13H,1-3H3,(H,19,20,21). The minimum Gasteiger partial charge on any atom is -0.348 e. The number of nitrogens with one attached hydrogen (secondary N) is 1. The van der Waals surface area contributed by atoms with E-state index in [0.29, 0.717) is 11.0 Å². The van der Waals surface area contributed by atoms with Crippen molar-refractivity contribution in [2.24, 2.45) is 0 Å². The lowest BCUT2D eigenvalue weighted by Gasteiger charge is -2.15. The van der Waals surface area contributed by atoms with Gasteiger partial charge in [-0.15, -0.1) is 0 Å². The molecule has 2 aromatic heterocycles. The summed E-state index contributed by atoms with van der Waals surface area (Å²) in [5, 5.41) is 8.28. The third-order valence-electron chi connectivity index (χ3n) is 3.61. The molecule has 0 spiro atoms. The van der Waals surface area contributed by atoms with Gasteiger partial charge in [-0.2, -0.15) is 5.10 Å². The highest BCUT2D eigenvalue weighted by molar-refractivity contribution is 6.30. The molecule has 1 aromatic carbocycles. The van der Waals surface area contributed by atoms with Crippen molar-refractivity contribution in [1.82, 2.24) is 19.7 Å². The topological polar surface area (TPSA) is 55.6 Å². The van der Waals surface area contributed by atoms with E-state index in [1.165, 1.54) is 0 Å². The van der Waals surface area contributed by atoms with E-state index >= 15 is 0 Å². The first-order valence-electron chi connectivity index (χ1n) is 7.40. The van der Waals surface area contributed by atoms with Crippen LogP contribution in [-0.2, 0) is 0 Å². The van der Waals surface area contributed by atoms with Gasteiger partial charge < -0.3 is 5.32 Å². The molecule has 5 nitrogen and oxygen atoms in total. The molecule has 0 radical (unpaired) electrons. The quantitative estimate of drug-likeness (QED) is 0.783. The van der Waals surface area contributed by atoms with E-state index in [2.05, 4.69) is 64.6 Å². The predicted octanol–water partition coefficient (Wildman–Crippen LogP) is 4.11. The molecule has 6 heteroatoms. The molecule has 0 saturated heterocycles. The summed E-state index contributed by atoms with van der Waals surface area (Å²) in [5.41, 5.74) is 4.33. The van der Waals surface area contributed by atoms with Crippen LogP contribution in [0.5, 0.6) is 0 Å². The third kappa shape index (κ3) is 3.51. The maximum absolute atomic E-state index is 5.79. The van der Waals surface area contributed by atoms with E-state index < -0.39 is 0 Å². The second-order valence-corrected chi connectivity index (χ2v) is 5.96. The summed E-state index contributed by atoms with van der Waals surface area (Å²) in [5.74, 6) is 0.560. The van der Waals surface area contributed by atoms with Crippen LogP contribution in [0.3, 0.4) is 0 Å². The van der Waals surface area contributed by atoms with Crippen molar-refractivity contribution >= 4 is 17.5 Å². The zero-order chi connectivity index (χ0) is 16.4. The van der Waals surface area contributed by atoms with Gasteiger partial charge in [-0.05, 0) is 44.5 Å². The highest BCUT2D eigenvalue weighted by Crippen LogP contribution is 2.20. The predicted molar refractivity (Wildman–Crippen MR) is 92.1 cm³/mol. The van der Waals surface area contributed by atoms with Gasteiger partial charge in [0.25, 0.3) is 0 Å². The summed E-state index contributed by atoms with van der Waals surface area (Å²) >= 11 is 5.79. The molecule has 118 valence electrons. The molecule has 0 aliphatic heterocycles. The maximum Gasteiger partial charge on any atom is 0.223 e. The minimum atomic E-state index is 0.0886. The van der Waals surface area contributed by atoms with Crippen LogP contribution in [0, 0.1) is 13.8 Å². The smallest absolute Gasteiger partial charge is 0.223 e. The first-order chi connectivity index (χ1) is 11.0. The Kier molecular flexibility index (Phi) is 4.30. The summed E-state index contributed by atoms with van der Waals surface area (Å²) in [7, 11) is 0. The molecule has 0 fully saturated rings. The Hall–Kier alpha value is -2.40. The summed E-state index contributed by atoms with van der Waals surface area (Å²) in [6, 6.07) is 10.4. The maximum atomic E-state index is 5.79. The Balaban J connectivity index is 1.76. The Morgan fingerprint density at radius 1 is 1.09 bits per heavy atom. The fourth-order valence-corrected chi connectivity index (χ4v) is 2.56. The second kappa shape index (κ2) is 6.38. The molecule has 3 rings (SSSR count). The van der Waals surface area contributed by atoms with Crippen LogP contribution in [0.2, 0.25) is 5.02 Å². The Bertz CT molecular complexity index is 793. The van der Waals surface area contributed by atoms with E-state index in [0.717, 1.165) is 22.6 Å². The van der Waals surface area contributed by atoms with E-state index in [1.54, 1.807) is 12.4 Å². The zero-order valence-corrected chi connectivity index (χ0v) is 14.0. The van der Waals surface area contributed by atoms with E-state index in [4.69, 9.17) is 11.6 Å². The molecule has 1 unspecified atom stereocenters. The van der Waals surface area contributed by atoms with Crippen LogP contribution in [0.1, 0.15) is 29.9 Å². The zero-order valence-electron chi connectivity index (χ0n) is 13.3. The summed E-state index contributed by atoms with van der Waals surface area (Å²) in [4.78, 5) is 8.31. The normalized spacial score (nSPS) is 12.2. The highest BCUT2D eigenvalue weighted by Gasteiger charge is 2.08. The molecule has 2 heterocycles. The SMILES string of the molecule is Cc1cc(C)n(-c2ccc(C(C)Nc3ncc(Cl)cn3)cc2)n1. The molecular formula is C17H18ClN5. The van der Waals surface area contributed by atoms with Gasteiger partial charge >= 0.3 is 0 Å². The second-order valence-electron chi connectivity index (χ2n) is 5.52. The molecule has 23 heavy (non-hydrogen) atoms. The van der Waals surface area contributed by atoms with Gasteiger partial charge in [0.05, 0.1) is 34.8 Å². The fraction of sp³-hybridized carbons (Fsp3) is 0.235. The number of aryl methyl sites for hydroxylation is 2. The largest absolute Gasteiger partial charge is 0.348 e. The monoisotopic (exact) mass is 327 g/mol. The lowest BCUT2D eigenvalue weighted by atomic mass is 10.1. The average molecular weight is 328 g/mol. The molecule has 3 aromatic rings. The third-order valence-corrected chi connectivity index (χ3v) is 3.81. The van der Waals surface area contributed by atoms with Crippen molar-refractivity contribution < 1.29 is 0 Å². The van der Waals surface area contributed by atoms with Crippen LogP contribution in [0.4, 0.5) is 5.95 Å². The molecule has 1 N–H and O–H groups in total. The van der Waals surface area contributed by atoms with Crippen molar-refractivity contribution in [2.45, 2.75) is 26.8 Å². The first-order valence-corrected chi connectivity index (χ1v) is 7.78. The number of hydrogen-bond acceptors (Lipinski definition) is 4. The molecule has 0 aliphatic rings. The number of hydrogen-bond donors (Lipinski definition) is 1. The fourth-order valence-electron chi connectivity index (χ4n) is 2.46. The Morgan fingerprint density at radius 3 is 2.30 bits per heavy atom. The average Bonchev–Trinajstić information content (AvgIpc) is 2.88. The number of aromatic nitrogens is 4. The van der Waals surface area contributed by atoms with Crippen LogP contribution in [-0.4, -0.2) is 19.7 Å². The van der Waals surface area contributed by atoms with Gasteiger partial charge in [0, 0.05) is 5.69 Å². The molecule has 1 atom stereocenters. The van der Waals surface area contributed by atoms with Crippen LogP contribution >= 0.6 is 11.6 Å². The molecule has 0 amide bonds. The summed E-state index contributed by atoms with van der Waals surface area (Å²) < 4.78 is 1.94. The van der Waals surface area contributed by atoms with Crippen molar-refractivity contribution in [1.29, 1.82) is 0 Å². The van der Waals surface area contributed by atoms with Crippen LogP contribution < -0.4 is 5.32 Å². The van der Waals surface area contributed by atoms with Gasteiger partial charge in [0.1, 0.15) is 0 Å². The van der Waals surface area contributed by atoms with Crippen LogP contribution in [0.25, 0.3) is 5.69 Å². The van der Waals surface area contributed by atoms with Crippen molar-refractivity contribution in [2.75, 3.05) is 5.32 Å². The van der Waals surface area contributed by atoms with Crippen molar-refractivity contribution in [3.05, 3.63) is 64.7 Å². The lowest BCUT2D eigenvalue weighted by molar-refractivity contribution is 0.826. The molecular weight excluding hydrogens is 310 g/mol. The van der Waals surface area contributed by atoms with E-state index in [1.807, 2.05) is 11.6 Å². The van der Waals surface area contributed by atoms with E-state index in [9.17, 15) is 0 Å². The summed E-state index contributed by atoms with van der Waals surface area (Å²) in [6.45, 7) is 6.11. The number of nitrogens with zero attached hydrogens (tertiary/aromatic N) is 4. The number of anilines is 1. The highest BCUT2D eigenvalue weighted by atomic mass is 35.5. The molecule has 0 aliphatic carbocycles. The van der Waals surface area contributed by atoms with Gasteiger partial charge in [0.2, 0.25) is 5.95 Å². The summed E-state index contributed by atoms with van der Waals surface area (Å²) in [6.07, 6.45) is 3.16. The first kappa shape index (κ1) is 15.5.